The molecule has 0 aromatic heterocycles. The Bertz CT molecular complexity index is 1060. The van der Waals surface area contributed by atoms with E-state index >= 15 is 0 Å². The zero-order valence-corrected chi connectivity index (χ0v) is 18.8. The second-order valence-corrected chi connectivity index (χ2v) is 8.74. The Kier molecular flexibility index (Phi) is 6.69. The minimum atomic E-state index is -0.0713. The van der Waals surface area contributed by atoms with Gasteiger partial charge in [0.2, 0.25) is 5.91 Å². The van der Waals surface area contributed by atoms with Gasteiger partial charge in [-0.2, -0.15) is 0 Å². The molecule has 0 aliphatic carbocycles. The molecule has 1 saturated heterocycles. The third kappa shape index (κ3) is 5.25. The van der Waals surface area contributed by atoms with E-state index in [1.807, 2.05) is 54.3 Å². The highest BCUT2D eigenvalue weighted by atomic mass is 16.2. The quantitative estimate of drug-likeness (QED) is 0.569. The number of hydrogen-bond donors (Lipinski definition) is 0. The minimum Gasteiger partial charge on any atom is -0.332 e. The SMILES string of the molecule is Cc1ccc(CN2C(=O)CN(C(=O)c3ccc(C)cc3)CC2CCc2ccccc2)cc1. The maximum Gasteiger partial charge on any atom is 0.254 e. The zero-order valence-electron chi connectivity index (χ0n) is 18.8. The molecule has 3 aromatic rings. The summed E-state index contributed by atoms with van der Waals surface area (Å²) in [6, 6.07) is 26.2. The van der Waals surface area contributed by atoms with Gasteiger partial charge in [0.05, 0.1) is 6.04 Å². The van der Waals surface area contributed by atoms with Crippen LogP contribution in [-0.4, -0.2) is 40.7 Å². The highest BCUT2D eigenvalue weighted by molar-refractivity contribution is 5.97. The van der Waals surface area contributed by atoms with Crippen molar-refractivity contribution in [2.75, 3.05) is 13.1 Å². The van der Waals surface area contributed by atoms with Gasteiger partial charge >= 0.3 is 0 Å². The van der Waals surface area contributed by atoms with Crippen LogP contribution in [0.25, 0.3) is 0 Å². The maximum absolute atomic E-state index is 13.2. The molecule has 1 heterocycles. The Morgan fingerprint density at radius 1 is 0.844 bits per heavy atom. The lowest BCUT2D eigenvalue weighted by Gasteiger charge is -2.41. The summed E-state index contributed by atoms with van der Waals surface area (Å²) >= 11 is 0. The molecule has 1 aliphatic rings. The molecule has 4 heteroatoms. The van der Waals surface area contributed by atoms with Crippen LogP contribution in [0, 0.1) is 13.8 Å². The lowest BCUT2D eigenvalue weighted by atomic mass is 10.00. The molecule has 4 nitrogen and oxygen atoms in total. The van der Waals surface area contributed by atoms with Crippen molar-refractivity contribution in [3.8, 4) is 0 Å². The maximum atomic E-state index is 13.2. The van der Waals surface area contributed by atoms with E-state index < -0.39 is 0 Å². The number of carbonyl (C=O) groups is 2. The van der Waals surface area contributed by atoms with Crippen LogP contribution in [0.15, 0.2) is 78.9 Å². The molecule has 3 aromatic carbocycles. The fraction of sp³-hybridized carbons (Fsp3) is 0.286. The summed E-state index contributed by atoms with van der Waals surface area (Å²) in [7, 11) is 0. The standard InChI is InChI=1S/C28H30N2O2/c1-21-8-12-24(13-9-21)18-30-26(17-14-23-6-4-3-5-7-23)19-29(20-27(30)31)28(32)25-15-10-22(2)11-16-25/h3-13,15-16,26H,14,17-20H2,1-2H3. The van der Waals surface area contributed by atoms with Crippen LogP contribution in [-0.2, 0) is 17.8 Å². The van der Waals surface area contributed by atoms with Gasteiger partial charge in [-0.05, 0) is 49.9 Å². The number of hydrogen-bond acceptors (Lipinski definition) is 2. The summed E-state index contributed by atoms with van der Waals surface area (Å²) in [5, 5.41) is 0. The number of nitrogens with zero attached hydrogens (tertiary/aromatic N) is 2. The van der Waals surface area contributed by atoms with E-state index in [0.29, 0.717) is 18.7 Å². The second kappa shape index (κ2) is 9.82. The van der Waals surface area contributed by atoms with Gasteiger partial charge in [-0.3, -0.25) is 9.59 Å². The predicted molar refractivity (Wildman–Crippen MR) is 127 cm³/mol. The average Bonchev–Trinajstić information content (AvgIpc) is 2.81. The highest BCUT2D eigenvalue weighted by Crippen LogP contribution is 2.21. The van der Waals surface area contributed by atoms with Crippen LogP contribution in [0.5, 0.6) is 0 Å². The first-order chi connectivity index (χ1) is 15.5. The summed E-state index contributed by atoms with van der Waals surface area (Å²) in [6.07, 6.45) is 1.69. The van der Waals surface area contributed by atoms with Crippen molar-refractivity contribution in [2.45, 2.75) is 39.3 Å². The topological polar surface area (TPSA) is 40.6 Å². The van der Waals surface area contributed by atoms with Crippen molar-refractivity contribution in [3.05, 3.63) is 107 Å². The molecule has 1 fully saturated rings. The van der Waals surface area contributed by atoms with Gasteiger partial charge in [-0.25, -0.2) is 0 Å². The number of piperazine rings is 1. The smallest absolute Gasteiger partial charge is 0.254 e. The zero-order chi connectivity index (χ0) is 22.5. The molecular weight excluding hydrogens is 396 g/mol. The van der Waals surface area contributed by atoms with Crippen LogP contribution in [0.3, 0.4) is 0 Å². The Morgan fingerprint density at radius 3 is 2.12 bits per heavy atom. The molecular formula is C28H30N2O2. The third-order valence-corrected chi connectivity index (χ3v) is 6.19. The van der Waals surface area contributed by atoms with Gasteiger partial charge in [0.15, 0.2) is 0 Å². The minimum absolute atomic E-state index is 0.00958. The molecule has 32 heavy (non-hydrogen) atoms. The first kappa shape index (κ1) is 21.8. The first-order valence-corrected chi connectivity index (χ1v) is 11.2. The van der Waals surface area contributed by atoms with Gasteiger partial charge in [-0.1, -0.05) is 77.9 Å². The van der Waals surface area contributed by atoms with Crippen LogP contribution < -0.4 is 0 Å². The number of rotatable bonds is 6. The van der Waals surface area contributed by atoms with Crippen LogP contribution in [0.1, 0.15) is 39.0 Å². The number of aryl methyl sites for hydroxylation is 3. The lowest BCUT2D eigenvalue weighted by molar-refractivity contribution is -0.139. The number of carbonyl (C=O) groups excluding carboxylic acids is 2. The largest absolute Gasteiger partial charge is 0.332 e. The van der Waals surface area contributed by atoms with E-state index in [2.05, 4.69) is 43.3 Å². The molecule has 1 atom stereocenters. The van der Waals surface area contributed by atoms with Crippen molar-refractivity contribution in [1.29, 1.82) is 0 Å². The van der Waals surface area contributed by atoms with Crippen molar-refractivity contribution in [3.63, 3.8) is 0 Å². The normalized spacial score (nSPS) is 16.3. The summed E-state index contributed by atoms with van der Waals surface area (Å²) in [6.45, 7) is 5.32. The van der Waals surface area contributed by atoms with E-state index in [4.69, 9.17) is 0 Å². The van der Waals surface area contributed by atoms with Gasteiger partial charge < -0.3 is 9.80 Å². The molecule has 1 unspecified atom stereocenters. The number of amides is 2. The Labute approximate surface area is 190 Å². The van der Waals surface area contributed by atoms with Crippen LogP contribution >= 0.6 is 0 Å². The molecule has 164 valence electrons. The van der Waals surface area contributed by atoms with E-state index in [9.17, 15) is 9.59 Å². The number of benzene rings is 3. The summed E-state index contributed by atoms with van der Waals surface area (Å²) in [5.74, 6) is -0.0617. The summed E-state index contributed by atoms with van der Waals surface area (Å²) in [4.78, 5) is 30.0. The summed E-state index contributed by atoms with van der Waals surface area (Å²) in [5.41, 5.74) is 5.32. The fourth-order valence-corrected chi connectivity index (χ4v) is 4.24. The van der Waals surface area contributed by atoms with E-state index in [-0.39, 0.29) is 24.4 Å². The average molecular weight is 427 g/mol. The van der Waals surface area contributed by atoms with E-state index in [0.717, 1.165) is 24.0 Å². The Morgan fingerprint density at radius 2 is 1.47 bits per heavy atom. The second-order valence-electron chi connectivity index (χ2n) is 8.74. The van der Waals surface area contributed by atoms with Crippen molar-refractivity contribution < 1.29 is 9.59 Å². The van der Waals surface area contributed by atoms with Gasteiger partial charge in [0.1, 0.15) is 6.54 Å². The molecule has 4 rings (SSSR count). The monoisotopic (exact) mass is 426 g/mol. The van der Waals surface area contributed by atoms with Gasteiger partial charge in [-0.15, -0.1) is 0 Å². The molecule has 2 amide bonds. The predicted octanol–water partition coefficient (Wildman–Crippen LogP) is 4.79. The third-order valence-electron chi connectivity index (χ3n) is 6.19. The molecule has 0 radical (unpaired) electrons. The van der Waals surface area contributed by atoms with Crippen LogP contribution in [0.4, 0.5) is 0 Å². The van der Waals surface area contributed by atoms with Crippen LogP contribution in [0.2, 0.25) is 0 Å². The van der Waals surface area contributed by atoms with Crippen molar-refractivity contribution in [1.82, 2.24) is 9.80 Å². The first-order valence-electron chi connectivity index (χ1n) is 11.2. The van der Waals surface area contributed by atoms with E-state index in [1.165, 1.54) is 11.1 Å². The Balaban J connectivity index is 1.53. The van der Waals surface area contributed by atoms with Crippen molar-refractivity contribution >= 4 is 11.8 Å². The Hall–Kier alpha value is -3.40. The molecule has 1 aliphatic heterocycles. The van der Waals surface area contributed by atoms with E-state index in [1.54, 1.807) is 4.90 Å². The highest BCUT2D eigenvalue weighted by Gasteiger charge is 2.34. The fourth-order valence-electron chi connectivity index (χ4n) is 4.24. The summed E-state index contributed by atoms with van der Waals surface area (Å²) < 4.78 is 0. The molecule has 0 spiro atoms. The van der Waals surface area contributed by atoms with Gasteiger partial charge in [0, 0.05) is 18.7 Å². The lowest BCUT2D eigenvalue weighted by Crippen LogP contribution is -2.57. The molecule has 0 saturated carbocycles. The molecule has 0 N–H and O–H groups in total. The van der Waals surface area contributed by atoms with Gasteiger partial charge in [0.25, 0.3) is 5.91 Å². The van der Waals surface area contributed by atoms with Crippen molar-refractivity contribution in [2.24, 2.45) is 0 Å². The molecule has 0 bridgehead atoms.